The van der Waals surface area contributed by atoms with Crippen molar-refractivity contribution in [2.45, 2.75) is 5.22 Å². The Kier molecular flexibility index (Phi) is 5.33. The summed E-state index contributed by atoms with van der Waals surface area (Å²) in [5, 5.41) is 13.9. The monoisotopic (exact) mass is 373 g/mol. The molecule has 25 heavy (non-hydrogen) atoms. The maximum absolute atomic E-state index is 11.7. The average molecular weight is 373 g/mol. The number of anilines is 1. The van der Waals surface area contributed by atoms with Crippen LogP contribution in [0.5, 0.6) is 0 Å². The number of ether oxygens (including phenoxy) is 1. The summed E-state index contributed by atoms with van der Waals surface area (Å²) in [6.45, 7) is -0.421. The molecule has 7 nitrogen and oxygen atoms in total. The highest BCUT2D eigenvalue weighted by Gasteiger charge is 2.13. The molecule has 3 aromatic rings. The van der Waals surface area contributed by atoms with Gasteiger partial charge in [0.2, 0.25) is 0 Å². The highest BCUT2D eigenvalue weighted by molar-refractivity contribution is 7.99. The number of oxazole rings is 1. The van der Waals surface area contributed by atoms with Gasteiger partial charge >= 0.3 is 5.97 Å². The number of nitrogens with one attached hydrogen (secondary N) is 1. The molecule has 0 fully saturated rings. The van der Waals surface area contributed by atoms with E-state index < -0.39 is 18.5 Å². The quantitative estimate of drug-likeness (QED) is 0.523. The van der Waals surface area contributed by atoms with Crippen molar-refractivity contribution in [1.29, 1.82) is 5.26 Å². The van der Waals surface area contributed by atoms with Gasteiger partial charge in [-0.2, -0.15) is 5.26 Å². The fourth-order valence-electron chi connectivity index (χ4n) is 1.88. The van der Waals surface area contributed by atoms with Crippen LogP contribution in [-0.4, -0.2) is 29.2 Å². The number of fused-ring (bicyclic) bond motifs is 1. The Morgan fingerprint density at radius 1 is 1.36 bits per heavy atom. The third kappa shape index (κ3) is 4.37. The minimum absolute atomic E-state index is 0.0252. The van der Waals surface area contributed by atoms with E-state index in [1.165, 1.54) is 11.3 Å². The fourth-order valence-corrected chi connectivity index (χ4v) is 3.27. The average Bonchev–Trinajstić information content (AvgIpc) is 3.23. The van der Waals surface area contributed by atoms with Crippen LogP contribution in [0.1, 0.15) is 5.56 Å². The van der Waals surface area contributed by atoms with E-state index in [0.29, 0.717) is 26.9 Å². The van der Waals surface area contributed by atoms with Crippen molar-refractivity contribution in [3.63, 3.8) is 0 Å². The molecule has 0 aliphatic heterocycles. The topological polar surface area (TPSA) is 105 Å². The van der Waals surface area contributed by atoms with E-state index in [0.717, 1.165) is 11.8 Å². The lowest BCUT2D eigenvalue weighted by molar-refractivity contribution is -0.144. The van der Waals surface area contributed by atoms with Crippen LogP contribution >= 0.6 is 23.1 Å². The molecule has 1 aromatic carbocycles. The summed E-state index contributed by atoms with van der Waals surface area (Å²) < 4.78 is 10.4. The van der Waals surface area contributed by atoms with Crippen molar-refractivity contribution < 1.29 is 18.7 Å². The standard InChI is InChI=1S/C16H11N3O4S2/c17-7-10-5-6-24-15(10)19-13(20)8-22-14(21)9-25-16-18-11-3-1-2-4-12(11)23-16/h1-6H,8-9H2,(H,19,20). The highest BCUT2D eigenvalue weighted by atomic mass is 32.2. The normalized spacial score (nSPS) is 10.4. The molecule has 0 unspecified atom stereocenters. The molecule has 9 heteroatoms. The number of esters is 1. The van der Waals surface area contributed by atoms with Crippen molar-refractivity contribution in [1.82, 2.24) is 4.98 Å². The Labute approximate surface area is 150 Å². The Balaban J connectivity index is 1.45. The number of carbonyl (C=O) groups is 2. The third-order valence-electron chi connectivity index (χ3n) is 2.99. The van der Waals surface area contributed by atoms with Crippen molar-refractivity contribution >= 4 is 51.1 Å². The van der Waals surface area contributed by atoms with Crippen LogP contribution in [0.25, 0.3) is 11.1 Å². The Morgan fingerprint density at radius 2 is 2.20 bits per heavy atom. The van der Waals surface area contributed by atoms with Crippen LogP contribution in [0, 0.1) is 11.3 Å². The molecule has 0 aliphatic rings. The number of thiophene rings is 1. The number of rotatable bonds is 6. The zero-order valence-electron chi connectivity index (χ0n) is 12.7. The molecule has 126 valence electrons. The van der Waals surface area contributed by atoms with Gasteiger partial charge < -0.3 is 14.5 Å². The Hall–Kier alpha value is -2.83. The molecule has 0 atom stereocenters. The summed E-state index contributed by atoms with van der Waals surface area (Å²) in [4.78, 5) is 27.7. The van der Waals surface area contributed by atoms with Crippen LogP contribution in [0.2, 0.25) is 0 Å². The van der Waals surface area contributed by atoms with Gasteiger partial charge in [-0.25, -0.2) is 4.98 Å². The van der Waals surface area contributed by atoms with Gasteiger partial charge in [0.25, 0.3) is 11.1 Å². The van der Waals surface area contributed by atoms with Crippen molar-refractivity contribution in [2.75, 3.05) is 17.7 Å². The smallest absolute Gasteiger partial charge is 0.316 e. The lowest BCUT2D eigenvalue weighted by Crippen LogP contribution is -2.21. The number of nitriles is 1. The van der Waals surface area contributed by atoms with E-state index in [1.807, 2.05) is 24.3 Å². The molecule has 0 aliphatic carbocycles. The minimum atomic E-state index is -0.561. The largest absolute Gasteiger partial charge is 0.455 e. The van der Waals surface area contributed by atoms with Crippen molar-refractivity contribution in [2.24, 2.45) is 0 Å². The molecule has 0 bridgehead atoms. The zero-order chi connectivity index (χ0) is 17.6. The van der Waals surface area contributed by atoms with Crippen LogP contribution in [0.3, 0.4) is 0 Å². The molecule has 0 spiro atoms. The van der Waals surface area contributed by atoms with Crippen LogP contribution in [-0.2, 0) is 14.3 Å². The maximum atomic E-state index is 11.7. The summed E-state index contributed by atoms with van der Waals surface area (Å²) in [7, 11) is 0. The van der Waals surface area contributed by atoms with Gasteiger partial charge in [-0.05, 0) is 23.6 Å². The summed E-state index contributed by atoms with van der Waals surface area (Å²) in [6.07, 6.45) is 0. The summed E-state index contributed by atoms with van der Waals surface area (Å²) in [5.74, 6) is -1.09. The first kappa shape index (κ1) is 17.0. The minimum Gasteiger partial charge on any atom is -0.455 e. The van der Waals surface area contributed by atoms with Gasteiger partial charge in [0.15, 0.2) is 12.2 Å². The Bertz CT molecular complexity index is 925. The molecular weight excluding hydrogens is 362 g/mol. The maximum Gasteiger partial charge on any atom is 0.316 e. The summed E-state index contributed by atoms with van der Waals surface area (Å²) >= 11 is 2.32. The predicted octanol–water partition coefficient (Wildman–Crippen LogP) is 3.03. The van der Waals surface area contributed by atoms with E-state index in [4.69, 9.17) is 14.4 Å². The number of hydrogen-bond acceptors (Lipinski definition) is 8. The number of thioether (sulfide) groups is 1. The van der Waals surface area contributed by atoms with Gasteiger partial charge in [-0.15, -0.1) is 11.3 Å². The molecular formula is C16H11N3O4S2. The lowest BCUT2D eigenvalue weighted by Gasteiger charge is -2.04. The first-order valence-corrected chi connectivity index (χ1v) is 8.93. The van der Waals surface area contributed by atoms with Crippen molar-refractivity contribution in [3.05, 3.63) is 41.3 Å². The van der Waals surface area contributed by atoms with Crippen LogP contribution < -0.4 is 5.32 Å². The first-order chi connectivity index (χ1) is 12.2. The molecule has 0 saturated heterocycles. The highest BCUT2D eigenvalue weighted by Crippen LogP contribution is 2.23. The van der Waals surface area contributed by atoms with E-state index in [1.54, 1.807) is 17.5 Å². The van der Waals surface area contributed by atoms with Crippen LogP contribution in [0.15, 0.2) is 45.4 Å². The van der Waals surface area contributed by atoms with Gasteiger partial charge in [0, 0.05) is 0 Å². The van der Waals surface area contributed by atoms with E-state index in [2.05, 4.69) is 10.3 Å². The second kappa shape index (κ2) is 7.83. The number of carbonyl (C=O) groups excluding carboxylic acids is 2. The second-order valence-corrected chi connectivity index (χ2v) is 6.56. The number of amides is 1. The van der Waals surface area contributed by atoms with E-state index in [9.17, 15) is 9.59 Å². The van der Waals surface area contributed by atoms with Gasteiger partial charge in [0.1, 0.15) is 22.3 Å². The van der Waals surface area contributed by atoms with E-state index >= 15 is 0 Å². The molecule has 1 amide bonds. The molecule has 1 N–H and O–H groups in total. The number of para-hydroxylation sites is 2. The lowest BCUT2D eigenvalue weighted by atomic mass is 10.3. The molecule has 3 rings (SSSR count). The first-order valence-electron chi connectivity index (χ1n) is 7.07. The van der Waals surface area contributed by atoms with Gasteiger partial charge in [-0.1, -0.05) is 23.9 Å². The van der Waals surface area contributed by atoms with Crippen molar-refractivity contribution in [3.8, 4) is 6.07 Å². The Morgan fingerprint density at radius 3 is 3.00 bits per heavy atom. The number of aromatic nitrogens is 1. The molecule has 0 radical (unpaired) electrons. The molecule has 0 saturated carbocycles. The zero-order valence-corrected chi connectivity index (χ0v) is 14.4. The summed E-state index contributed by atoms with van der Waals surface area (Å²) in [6, 6.07) is 10.8. The van der Waals surface area contributed by atoms with E-state index in [-0.39, 0.29) is 5.75 Å². The van der Waals surface area contributed by atoms with Crippen LogP contribution in [0.4, 0.5) is 5.00 Å². The number of nitrogens with zero attached hydrogens (tertiary/aromatic N) is 2. The summed E-state index contributed by atoms with van der Waals surface area (Å²) in [5.41, 5.74) is 1.72. The molecule has 2 aromatic heterocycles. The number of benzene rings is 1. The predicted molar refractivity (Wildman–Crippen MR) is 93.4 cm³/mol. The molecule has 2 heterocycles. The second-order valence-electron chi connectivity index (χ2n) is 4.72. The van der Waals surface area contributed by atoms with Gasteiger partial charge in [0.05, 0.1) is 5.56 Å². The SMILES string of the molecule is N#Cc1ccsc1NC(=O)COC(=O)CSc1nc2ccccc2o1. The van der Waals surface area contributed by atoms with Gasteiger partial charge in [-0.3, -0.25) is 9.59 Å². The fraction of sp³-hybridized carbons (Fsp3) is 0.125. The third-order valence-corrected chi connectivity index (χ3v) is 4.62. The number of hydrogen-bond donors (Lipinski definition) is 1.